The van der Waals surface area contributed by atoms with Crippen LogP contribution >= 0.6 is 0 Å². The average molecular weight is 686 g/mol. The highest BCUT2D eigenvalue weighted by Crippen LogP contribution is 2.46. The van der Waals surface area contributed by atoms with Crippen molar-refractivity contribution in [1.29, 1.82) is 10.5 Å². The number of rotatable bonds is 8. The Kier molecular flexibility index (Phi) is 8.99. The number of aromatic carboxylic acids is 2. The molecule has 49 heavy (non-hydrogen) atoms. The lowest BCUT2D eigenvalue weighted by Crippen LogP contribution is -2.11. The summed E-state index contributed by atoms with van der Waals surface area (Å²) in [4.78, 5) is 46.2. The first kappa shape index (κ1) is 34.8. The Morgan fingerprint density at radius 3 is 1.18 bits per heavy atom. The highest BCUT2D eigenvalue weighted by molar-refractivity contribution is 6.02. The summed E-state index contributed by atoms with van der Waals surface area (Å²) in [7, 11) is 0. The third-order valence-corrected chi connectivity index (χ3v) is 6.81. The Labute approximate surface area is 267 Å². The molecule has 19 heteroatoms. The SMILES string of the molecule is N#Cc1c(Oc2cc(-c3ccc(C(F)(F)F)cc3)c([N+](=O)[O-])c(C(=O)O)c2C#N)cc(-c2ccc(C(F)(F)F)cc2)c([N+](=O)[O-])c1C(=O)O. The van der Waals surface area contributed by atoms with Crippen LogP contribution in [0.15, 0.2) is 60.7 Å². The van der Waals surface area contributed by atoms with Crippen LogP contribution in [-0.4, -0.2) is 32.0 Å². The van der Waals surface area contributed by atoms with Gasteiger partial charge in [-0.25, -0.2) is 9.59 Å². The highest BCUT2D eigenvalue weighted by Gasteiger charge is 2.37. The fraction of sp³-hybridized carbons (Fsp3) is 0.0667. The Bertz CT molecular complexity index is 2000. The standard InChI is InChI=1S/C30H12F6N4O9/c31-29(32,33)15-5-1-13(2-6-15)17-9-21(19(11-37)23(27(41)42)25(17)39(45)46)49-22-10-18(14-3-7-16(8-4-14)30(34,35)36)26(40(47)48)24(28(43)44)20(22)12-38/h1-10H,(H,41,42)(H,43,44). The van der Waals surface area contributed by atoms with Gasteiger partial charge in [0.15, 0.2) is 11.1 Å². The zero-order valence-electron chi connectivity index (χ0n) is 23.6. The number of hydrogen-bond donors (Lipinski definition) is 2. The maximum atomic E-state index is 13.2. The lowest BCUT2D eigenvalue weighted by atomic mass is 9.94. The van der Waals surface area contributed by atoms with E-state index in [1.165, 1.54) is 12.1 Å². The molecule has 0 aliphatic carbocycles. The van der Waals surface area contributed by atoms with Crippen molar-refractivity contribution >= 4 is 23.3 Å². The largest absolute Gasteiger partial charge is 0.477 e. The molecule has 4 rings (SSSR count). The summed E-state index contributed by atoms with van der Waals surface area (Å²) in [5, 5.41) is 63.6. The van der Waals surface area contributed by atoms with Crippen molar-refractivity contribution in [3.05, 3.63) is 114 Å². The Morgan fingerprint density at radius 1 is 0.653 bits per heavy atom. The summed E-state index contributed by atoms with van der Waals surface area (Å²) >= 11 is 0. The molecule has 0 saturated heterocycles. The number of ether oxygens (including phenoxy) is 1. The van der Waals surface area contributed by atoms with Crippen molar-refractivity contribution in [1.82, 2.24) is 0 Å². The average Bonchev–Trinajstić information content (AvgIpc) is 3.02. The zero-order chi connectivity index (χ0) is 36.6. The number of carboxylic acids is 2. The Balaban J connectivity index is 2.09. The summed E-state index contributed by atoms with van der Waals surface area (Å²) in [5.74, 6) is -6.05. The summed E-state index contributed by atoms with van der Waals surface area (Å²) < 4.78 is 84.6. The van der Waals surface area contributed by atoms with Gasteiger partial charge in [-0.1, -0.05) is 24.3 Å². The normalized spacial score (nSPS) is 11.3. The van der Waals surface area contributed by atoms with Gasteiger partial charge in [0.1, 0.15) is 34.8 Å². The number of hydrogen-bond acceptors (Lipinski definition) is 9. The summed E-state index contributed by atoms with van der Waals surface area (Å²) in [6, 6.07) is 9.03. The predicted octanol–water partition coefficient (Wildman–Crippen LogP) is 7.81. The Hall–Kier alpha value is -7.02. The van der Waals surface area contributed by atoms with Crippen LogP contribution in [0, 0.1) is 42.9 Å². The molecule has 0 heterocycles. The molecule has 13 nitrogen and oxygen atoms in total. The van der Waals surface area contributed by atoms with Crippen LogP contribution < -0.4 is 4.74 Å². The summed E-state index contributed by atoms with van der Waals surface area (Å²) in [6.07, 6.45) is -9.68. The first-order valence-electron chi connectivity index (χ1n) is 12.8. The van der Waals surface area contributed by atoms with Crippen LogP contribution in [0.25, 0.3) is 22.3 Å². The van der Waals surface area contributed by atoms with E-state index >= 15 is 0 Å². The van der Waals surface area contributed by atoms with Gasteiger partial charge in [0.25, 0.3) is 11.4 Å². The molecular weight excluding hydrogens is 674 g/mol. The van der Waals surface area contributed by atoms with E-state index in [9.17, 15) is 76.9 Å². The molecule has 0 amide bonds. The first-order chi connectivity index (χ1) is 22.8. The smallest absolute Gasteiger partial charge is 0.416 e. The van der Waals surface area contributed by atoms with Gasteiger partial charge in [-0.15, -0.1) is 0 Å². The fourth-order valence-electron chi connectivity index (χ4n) is 4.71. The molecule has 4 aromatic rings. The van der Waals surface area contributed by atoms with Crippen molar-refractivity contribution in [2.75, 3.05) is 0 Å². The second kappa shape index (κ2) is 12.6. The minimum absolute atomic E-state index is 0.391. The molecule has 0 aliphatic heterocycles. The molecule has 0 aromatic heterocycles. The summed E-state index contributed by atoms with van der Waals surface area (Å²) in [6.45, 7) is 0. The molecule has 0 unspecified atom stereocenters. The molecule has 0 aliphatic rings. The number of benzene rings is 4. The quantitative estimate of drug-likeness (QED) is 0.103. The zero-order valence-corrected chi connectivity index (χ0v) is 23.6. The third-order valence-electron chi connectivity index (χ3n) is 6.81. The third kappa shape index (κ3) is 6.62. The van der Waals surface area contributed by atoms with E-state index in [4.69, 9.17) is 4.74 Å². The maximum Gasteiger partial charge on any atom is 0.416 e. The monoisotopic (exact) mass is 686 g/mol. The van der Waals surface area contributed by atoms with E-state index in [1.807, 2.05) is 0 Å². The number of carbonyl (C=O) groups is 2. The van der Waals surface area contributed by atoms with Crippen LogP contribution in [0.1, 0.15) is 43.0 Å². The second-order valence-corrected chi connectivity index (χ2v) is 9.64. The van der Waals surface area contributed by atoms with Crippen LogP contribution in [0.5, 0.6) is 11.5 Å². The molecule has 248 valence electrons. The van der Waals surface area contributed by atoms with E-state index in [-0.39, 0.29) is 0 Å². The first-order valence-corrected chi connectivity index (χ1v) is 12.8. The second-order valence-electron chi connectivity index (χ2n) is 9.64. The van der Waals surface area contributed by atoms with Gasteiger partial charge >= 0.3 is 24.3 Å². The lowest BCUT2D eigenvalue weighted by Gasteiger charge is -2.17. The molecule has 0 saturated carbocycles. The number of carboxylic acid groups (broad SMARTS) is 2. The van der Waals surface area contributed by atoms with Gasteiger partial charge in [-0.2, -0.15) is 36.9 Å². The van der Waals surface area contributed by atoms with E-state index in [1.54, 1.807) is 0 Å². The lowest BCUT2D eigenvalue weighted by molar-refractivity contribution is -0.384. The van der Waals surface area contributed by atoms with Gasteiger partial charge in [0.2, 0.25) is 0 Å². The van der Waals surface area contributed by atoms with Crippen molar-refractivity contribution in [2.45, 2.75) is 12.4 Å². The van der Waals surface area contributed by atoms with Gasteiger partial charge in [0.05, 0.1) is 32.1 Å². The molecule has 0 fully saturated rings. The fourth-order valence-corrected chi connectivity index (χ4v) is 4.71. The molecular formula is C30H12F6N4O9. The van der Waals surface area contributed by atoms with E-state index in [0.717, 1.165) is 24.3 Å². The number of alkyl halides is 6. The van der Waals surface area contributed by atoms with E-state index in [2.05, 4.69) is 0 Å². The number of nitrogens with zero attached hydrogens (tertiary/aromatic N) is 4. The molecule has 0 bridgehead atoms. The molecule has 4 aromatic carbocycles. The number of nitro groups is 2. The topological polar surface area (TPSA) is 218 Å². The van der Waals surface area contributed by atoms with Crippen molar-refractivity contribution < 1.29 is 60.7 Å². The van der Waals surface area contributed by atoms with Gasteiger partial charge in [-0.3, -0.25) is 20.2 Å². The summed E-state index contributed by atoms with van der Waals surface area (Å²) in [5.41, 5.74) is -12.0. The van der Waals surface area contributed by atoms with Crippen molar-refractivity contribution in [2.24, 2.45) is 0 Å². The van der Waals surface area contributed by atoms with Crippen LogP contribution in [0.3, 0.4) is 0 Å². The molecule has 2 N–H and O–H groups in total. The minimum atomic E-state index is -4.84. The van der Waals surface area contributed by atoms with E-state index < -0.39 is 113 Å². The molecule has 0 atom stereocenters. The van der Waals surface area contributed by atoms with Crippen LogP contribution in [0.4, 0.5) is 37.7 Å². The number of halogens is 6. The van der Waals surface area contributed by atoms with Gasteiger partial charge < -0.3 is 14.9 Å². The van der Waals surface area contributed by atoms with Gasteiger partial charge in [-0.05, 0) is 47.5 Å². The molecule has 0 spiro atoms. The van der Waals surface area contributed by atoms with Crippen LogP contribution in [-0.2, 0) is 12.4 Å². The number of nitriles is 2. The Morgan fingerprint density at radius 2 is 0.959 bits per heavy atom. The maximum absolute atomic E-state index is 13.2. The number of nitro benzene ring substituents is 2. The minimum Gasteiger partial charge on any atom is -0.477 e. The molecule has 0 radical (unpaired) electrons. The van der Waals surface area contributed by atoms with Crippen molar-refractivity contribution in [3.63, 3.8) is 0 Å². The predicted molar refractivity (Wildman–Crippen MR) is 150 cm³/mol. The van der Waals surface area contributed by atoms with Crippen LogP contribution in [0.2, 0.25) is 0 Å². The van der Waals surface area contributed by atoms with Crippen molar-refractivity contribution in [3.8, 4) is 45.9 Å². The van der Waals surface area contributed by atoms with E-state index in [0.29, 0.717) is 36.4 Å². The van der Waals surface area contributed by atoms with Gasteiger partial charge in [0, 0.05) is 0 Å². The highest BCUT2D eigenvalue weighted by atomic mass is 19.4.